The van der Waals surface area contributed by atoms with E-state index in [1.807, 2.05) is 12.1 Å². The van der Waals surface area contributed by atoms with Crippen LogP contribution in [0.15, 0.2) is 42.5 Å². The monoisotopic (exact) mass is 507 g/mol. The lowest BCUT2D eigenvalue weighted by Gasteiger charge is -2.31. The van der Waals surface area contributed by atoms with Crippen molar-refractivity contribution in [2.45, 2.75) is 51.7 Å². The number of anilines is 1. The Bertz CT molecular complexity index is 1090. The summed E-state index contributed by atoms with van der Waals surface area (Å²) >= 11 is 6.14. The lowest BCUT2D eigenvalue weighted by Crippen LogP contribution is -2.49. The van der Waals surface area contributed by atoms with E-state index in [4.69, 9.17) is 16.3 Å². The predicted molar refractivity (Wildman–Crippen MR) is 137 cm³/mol. The number of nitrogens with zero attached hydrogens (tertiary/aromatic N) is 2. The Kier molecular flexibility index (Phi) is 9.22. The maximum atomic E-state index is 13.2. The van der Waals surface area contributed by atoms with Gasteiger partial charge in [0, 0.05) is 18.1 Å². The molecule has 2 aromatic rings. The third-order valence-corrected chi connectivity index (χ3v) is 7.42. The number of ether oxygens (including phenoxy) is 1. The minimum Gasteiger partial charge on any atom is -0.495 e. The number of nitrogens with one attached hydrogen (secondary N) is 1. The quantitative estimate of drug-likeness (QED) is 0.521. The van der Waals surface area contributed by atoms with Gasteiger partial charge in [0.15, 0.2) is 0 Å². The Morgan fingerprint density at radius 3 is 2.50 bits per heavy atom. The van der Waals surface area contributed by atoms with Crippen molar-refractivity contribution in [1.29, 1.82) is 0 Å². The number of piperidine rings is 1. The summed E-state index contributed by atoms with van der Waals surface area (Å²) in [5.74, 6) is -0.0529. The fraction of sp³-hybridized carbons (Fsp3) is 0.480. The number of methoxy groups -OCH3 is 1. The highest BCUT2D eigenvalue weighted by atomic mass is 35.5. The van der Waals surface area contributed by atoms with Gasteiger partial charge < -0.3 is 10.1 Å². The Hall–Kier alpha value is -2.29. The van der Waals surface area contributed by atoms with Crippen LogP contribution in [0.3, 0.4) is 0 Å². The molecule has 1 atom stereocenters. The number of rotatable bonds is 10. The molecule has 1 heterocycles. The zero-order valence-electron chi connectivity index (χ0n) is 20.1. The van der Waals surface area contributed by atoms with Gasteiger partial charge in [-0.3, -0.25) is 14.0 Å². The van der Waals surface area contributed by atoms with Crippen molar-refractivity contribution >= 4 is 33.2 Å². The Labute approximate surface area is 208 Å². The van der Waals surface area contributed by atoms with E-state index in [0.29, 0.717) is 17.3 Å². The third kappa shape index (κ3) is 6.87. The van der Waals surface area contributed by atoms with E-state index in [1.165, 1.54) is 38.0 Å². The van der Waals surface area contributed by atoms with Crippen molar-refractivity contribution in [1.82, 2.24) is 10.2 Å². The van der Waals surface area contributed by atoms with E-state index in [2.05, 4.69) is 22.3 Å². The molecule has 1 aliphatic heterocycles. The molecule has 34 heavy (non-hydrogen) atoms. The highest BCUT2D eigenvalue weighted by Gasteiger charge is 2.33. The van der Waals surface area contributed by atoms with Crippen molar-refractivity contribution in [3.05, 3.63) is 58.6 Å². The number of sulfonamides is 1. The molecule has 1 fully saturated rings. The second-order valence-corrected chi connectivity index (χ2v) is 11.0. The first-order valence-electron chi connectivity index (χ1n) is 11.6. The van der Waals surface area contributed by atoms with Crippen LogP contribution in [-0.4, -0.2) is 51.7 Å². The molecule has 1 N–H and O–H groups in total. The van der Waals surface area contributed by atoms with E-state index in [0.717, 1.165) is 35.8 Å². The first-order valence-corrected chi connectivity index (χ1v) is 13.9. The highest BCUT2D eigenvalue weighted by Crippen LogP contribution is 2.34. The van der Waals surface area contributed by atoms with Crippen molar-refractivity contribution in [2.75, 3.05) is 30.8 Å². The van der Waals surface area contributed by atoms with E-state index >= 15 is 0 Å². The molecule has 0 bridgehead atoms. The van der Waals surface area contributed by atoms with Crippen LogP contribution in [0.25, 0.3) is 0 Å². The van der Waals surface area contributed by atoms with Gasteiger partial charge in [-0.25, -0.2) is 8.42 Å². The molecule has 3 rings (SSSR count). The highest BCUT2D eigenvalue weighted by molar-refractivity contribution is 7.92. The summed E-state index contributed by atoms with van der Waals surface area (Å²) in [6.45, 7) is 5.23. The van der Waals surface area contributed by atoms with Gasteiger partial charge in [0.2, 0.25) is 15.9 Å². The molecule has 0 aromatic heterocycles. The normalized spacial score (nSPS) is 15.5. The van der Waals surface area contributed by atoms with E-state index in [1.54, 1.807) is 19.1 Å². The van der Waals surface area contributed by atoms with Crippen molar-refractivity contribution < 1.29 is 17.9 Å². The molecular weight excluding hydrogens is 474 g/mol. The van der Waals surface area contributed by atoms with Gasteiger partial charge in [0.1, 0.15) is 11.8 Å². The summed E-state index contributed by atoms with van der Waals surface area (Å²) in [5, 5.41) is 3.27. The molecule has 1 amide bonds. The molecule has 0 saturated carbocycles. The zero-order chi connectivity index (χ0) is 24.7. The van der Waals surface area contributed by atoms with Crippen LogP contribution < -0.4 is 14.4 Å². The molecule has 1 saturated heterocycles. The summed E-state index contributed by atoms with van der Waals surface area (Å²) in [4.78, 5) is 15.7. The number of carbonyl (C=O) groups is 1. The number of halogens is 1. The minimum atomic E-state index is -3.80. The number of hydrogen-bond acceptors (Lipinski definition) is 5. The number of likely N-dealkylation sites (tertiary alicyclic amines) is 1. The zero-order valence-corrected chi connectivity index (χ0v) is 21.7. The number of benzene rings is 2. The molecule has 0 unspecified atom stereocenters. The number of hydrogen-bond donors (Lipinski definition) is 1. The van der Waals surface area contributed by atoms with Crippen LogP contribution in [0.1, 0.15) is 43.7 Å². The molecule has 2 aromatic carbocycles. The first kappa shape index (κ1) is 26.3. The standard InChI is InChI=1S/C25H34ClN3O4S/c1-4-22(29(34(3,31)32)23-16-21(26)11-12-24(23)33-2)25(30)27-17-19-9-8-10-20(15-19)18-28-13-6-5-7-14-28/h8-12,15-16,22H,4-7,13-14,17-18H2,1-3H3,(H,27,30)/t22-/m1/s1. The van der Waals surface area contributed by atoms with Crippen LogP contribution >= 0.6 is 11.6 Å². The molecule has 0 spiro atoms. The van der Waals surface area contributed by atoms with Crippen molar-refractivity contribution in [3.8, 4) is 5.75 Å². The van der Waals surface area contributed by atoms with Crippen LogP contribution in [0.4, 0.5) is 5.69 Å². The molecule has 9 heteroatoms. The Morgan fingerprint density at radius 1 is 1.15 bits per heavy atom. The average molecular weight is 508 g/mol. The molecule has 0 aliphatic carbocycles. The Morgan fingerprint density at radius 2 is 1.85 bits per heavy atom. The predicted octanol–water partition coefficient (Wildman–Crippen LogP) is 4.20. The van der Waals surface area contributed by atoms with Crippen LogP contribution in [-0.2, 0) is 27.9 Å². The van der Waals surface area contributed by atoms with Gasteiger partial charge in [-0.15, -0.1) is 0 Å². The second-order valence-electron chi connectivity index (χ2n) is 8.67. The fourth-order valence-electron chi connectivity index (χ4n) is 4.39. The topological polar surface area (TPSA) is 79.0 Å². The van der Waals surface area contributed by atoms with Crippen LogP contribution in [0.2, 0.25) is 5.02 Å². The minimum absolute atomic E-state index is 0.239. The number of carbonyl (C=O) groups excluding carboxylic acids is 1. The van der Waals surface area contributed by atoms with Gasteiger partial charge in [-0.2, -0.15) is 0 Å². The smallest absolute Gasteiger partial charge is 0.244 e. The summed E-state index contributed by atoms with van der Waals surface area (Å²) in [7, 11) is -2.35. The fourth-order valence-corrected chi connectivity index (χ4v) is 5.76. The Balaban J connectivity index is 1.75. The number of amides is 1. The maximum Gasteiger partial charge on any atom is 0.244 e. The molecule has 0 radical (unpaired) electrons. The summed E-state index contributed by atoms with van der Waals surface area (Å²) < 4.78 is 32.0. The lowest BCUT2D eigenvalue weighted by molar-refractivity contribution is -0.122. The molecule has 186 valence electrons. The van der Waals surface area contributed by atoms with Gasteiger partial charge in [0.05, 0.1) is 19.1 Å². The third-order valence-electron chi connectivity index (χ3n) is 6.02. The maximum absolute atomic E-state index is 13.2. The first-order chi connectivity index (χ1) is 16.2. The summed E-state index contributed by atoms with van der Waals surface area (Å²) in [6.07, 6.45) is 5.13. The van der Waals surface area contributed by atoms with Crippen molar-refractivity contribution in [3.63, 3.8) is 0 Å². The molecule has 7 nitrogen and oxygen atoms in total. The second kappa shape index (κ2) is 11.9. The largest absolute Gasteiger partial charge is 0.495 e. The van der Waals surface area contributed by atoms with Gasteiger partial charge >= 0.3 is 0 Å². The lowest BCUT2D eigenvalue weighted by atomic mass is 10.1. The van der Waals surface area contributed by atoms with E-state index < -0.39 is 16.1 Å². The van der Waals surface area contributed by atoms with Crippen LogP contribution in [0, 0.1) is 0 Å². The summed E-state index contributed by atoms with van der Waals surface area (Å²) in [5.41, 5.74) is 2.43. The van der Waals surface area contributed by atoms with Gasteiger partial charge in [0.25, 0.3) is 0 Å². The van der Waals surface area contributed by atoms with Gasteiger partial charge in [-0.05, 0) is 61.7 Å². The molecule has 1 aliphatic rings. The summed E-state index contributed by atoms with van der Waals surface area (Å²) in [6, 6.07) is 11.9. The average Bonchev–Trinajstić information content (AvgIpc) is 2.81. The van der Waals surface area contributed by atoms with Crippen LogP contribution in [0.5, 0.6) is 5.75 Å². The van der Waals surface area contributed by atoms with E-state index in [9.17, 15) is 13.2 Å². The van der Waals surface area contributed by atoms with Gasteiger partial charge in [-0.1, -0.05) is 49.2 Å². The SMILES string of the molecule is CC[C@H](C(=O)NCc1cccc(CN2CCCCC2)c1)N(c1cc(Cl)ccc1OC)S(C)(=O)=O. The van der Waals surface area contributed by atoms with E-state index in [-0.39, 0.29) is 18.0 Å². The molecular formula is C25H34ClN3O4S. The van der Waals surface area contributed by atoms with Crippen molar-refractivity contribution in [2.24, 2.45) is 0 Å².